The molecule has 0 radical (unpaired) electrons. The van der Waals surface area contributed by atoms with Gasteiger partial charge in [0.1, 0.15) is 17.2 Å². The van der Waals surface area contributed by atoms with Crippen molar-refractivity contribution in [1.29, 1.82) is 0 Å². The topological polar surface area (TPSA) is 152 Å². The number of halogens is 1. The summed E-state index contributed by atoms with van der Waals surface area (Å²) in [5.41, 5.74) is 13.9. The number of hydrogen-bond acceptors (Lipinski definition) is 9. The van der Waals surface area contributed by atoms with Crippen LogP contribution in [0, 0.1) is 5.82 Å². The van der Waals surface area contributed by atoms with Crippen LogP contribution >= 0.6 is 0 Å². The van der Waals surface area contributed by atoms with Crippen molar-refractivity contribution in [3.05, 3.63) is 54.0 Å². The van der Waals surface area contributed by atoms with Gasteiger partial charge in [-0.25, -0.2) is 24.0 Å². The molecule has 3 aromatic heterocycles. The second-order valence-electron chi connectivity index (χ2n) is 9.16. The van der Waals surface area contributed by atoms with Crippen LogP contribution in [0.15, 0.2) is 42.6 Å². The van der Waals surface area contributed by atoms with Gasteiger partial charge in [0.15, 0.2) is 23.1 Å². The van der Waals surface area contributed by atoms with Crippen LogP contribution in [-0.4, -0.2) is 83.6 Å². The molecule has 0 unspecified atom stereocenters. The van der Waals surface area contributed by atoms with Gasteiger partial charge in [0.05, 0.1) is 11.9 Å². The normalized spacial score (nSPS) is 12.1. The standard InChI is InChI=1S/C24H31FN10O2S/c1-32(2)13-8-14-35(38(36,37)33(3)4)20-21(26)29-23(30-22(20)27)19-17-10-7-12-28-24(17)34(31-19)15-16-9-5-6-11-18(16)25/h5-7,9-12H,8,13-15H2,1-4H3,(H4,26,27,29,30). The molecule has 1 aromatic carbocycles. The summed E-state index contributed by atoms with van der Waals surface area (Å²) in [7, 11) is 2.71. The molecule has 0 aliphatic rings. The maximum Gasteiger partial charge on any atom is 0.303 e. The number of hydrogen-bond donors (Lipinski definition) is 2. The average Bonchev–Trinajstić information content (AvgIpc) is 3.22. The van der Waals surface area contributed by atoms with Crippen LogP contribution in [0.3, 0.4) is 0 Å². The van der Waals surface area contributed by atoms with Gasteiger partial charge in [0.25, 0.3) is 0 Å². The first-order valence-electron chi connectivity index (χ1n) is 11.8. The first-order valence-corrected chi connectivity index (χ1v) is 13.2. The summed E-state index contributed by atoms with van der Waals surface area (Å²) >= 11 is 0. The first-order chi connectivity index (χ1) is 18.0. The number of benzene rings is 1. The van der Waals surface area contributed by atoms with Gasteiger partial charge in [-0.05, 0) is 45.3 Å². The van der Waals surface area contributed by atoms with E-state index in [1.165, 1.54) is 20.2 Å². The molecule has 14 heteroatoms. The lowest BCUT2D eigenvalue weighted by atomic mass is 10.2. The molecule has 0 atom stereocenters. The molecular formula is C24H31FN10O2S. The Hall–Kier alpha value is -3.88. The minimum absolute atomic E-state index is 0.00873. The van der Waals surface area contributed by atoms with E-state index in [1.54, 1.807) is 41.2 Å². The van der Waals surface area contributed by atoms with Crippen LogP contribution < -0.4 is 15.8 Å². The molecule has 12 nitrogen and oxygen atoms in total. The molecule has 4 aromatic rings. The van der Waals surface area contributed by atoms with E-state index in [2.05, 4.69) is 20.1 Å². The number of nitrogen functional groups attached to an aromatic ring is 2. The number of aromatic nitrogens is 5. The van der Waals surface area contributed by atoms with Crippen molar-refractivity contribution in [2.75, 3.05) is 57.1 Å². The SMILES string of the molecule is CN(C)CCCN(c1c(N)nc(-c2nn(Cc3ccccc3F)c3ncccc23)nc1N)S(=O)(=O)N(C)C. The summed E-state index contributed by atoms with van der Waals surface area (Å²) in [6, 6.07) is 9.93. The van der Waals surface area contributed by atoms with Crippen LogP contribution in [-0.2, 0) is 16.8 Å². The summed E-state index contributed by atoms with van der Waals surface area (Å²) in [6.07, 6.45) is 2.13. The van der Waals surface area contributed by atoms with Gasteiger partial charge in [0, 0.05) is 32.4 Å². The van der Waals surface area contributed by atoms with E-state index in [9.17, 15) is 12.8 Å². The van der Waals surface area contributed by atoms with Crippen LogP contribution in [0.4, 0.5) is 21.7 Å². The smallest absolute Gasteiger partial charge is 0.303 e. The fraction of sp³-hybridized carbons (Fsp3) is 0.333. The fourth-order valence-corrected chi connectivity index (χ4v) is 5.17. The maximum absolute atomic E-state index is 14.3. The van der Waals surface area contributed by atoms with Crippen molar-refractivity contribution in [2.45, 2.75) is 13.0 Å². The highest BCUT2D eigenvalue weighted by Gasteiger charge is 2.30. The quantitative estimate of drug-likeness (QED) is 0.305. The van der Waals surface area contributed by atoms with Crippen molar-refractivity contribution in [3.63, 3.8) is 0 Å². The second-order valence-corrected chi connectivity index (χ2v) is 11.2. The zero-order chi connectivity index (χ0) is 27.6. The summed E-state index contributed by atoms with van der Waals surface area (Å²) in [4.78, 5) is 15.2. The minimum Gasteiger partial charge on any atom is -0.382 e. The van der Waals surface area contributed by atoms with E-state index in [1.807, 2.05) is 19.0 Å². The molecule has 0 saturated carbocycles. The van der Waals surface area contributed by atoms with E-state index in [0.717, 1.165) is 8.61 Å². The molecule has 0 amide bonds. The Balaban J connectivity index is 1.79. The van der Waals surface area contributed by atoms with Crippen molar-refractivity contribution in [1.82, 2.24) is 33.9 Å². The van der Waals surface area contributed by atoms with Gasteiger partial charge in [-0.1, -0.05) is 18.2 Å². The van der Waals surface area contributed by atoms with Gasteiger partial charge in [-0.15, -0.1) is 0 Å². The molecule has 4 N–H and O–H groups in total. The highest BCUT2D eigenvalue weighted by atomic mass is 32.2. The average molecular weight is 543 g/mol. The van der Waals surface area contributed by atoms with E-state index < -0.39 is 10.2 Å². The molecular weight excluding hydrogens is 511 g/mol. The predicted octanol–water partition coefficient (Wildman–Crippen LogP) is 1.80. The number of anilines is 3. The molecule has 0 saturated heterocycles. The number of nitrogens with zero attached hydrogens (tertiary/aromatic N) is 8. The minimum atomic E-state index is -3.94. The van der Waals surface area contributed by atoms with Crippen molar-refractivity contribution in [2.24, 2.45) is 0 Å². The first kappa shape index (κ1) is 27.2. The Morgan fingerprint density at radius 2 is 1.66 bits per heavy atom. The summed E-state index contributed by atoms with van der Waals surface area (Å²) in [6.45, 7) is 0.903. The van der Waals surface area contributed by atoms with Gasteiger partial charge >= 0.3 is 10.2 Å². The highest BCUT2D eigenvalue weighted by molar-refractivity contribution is 7.90. The van der Waals surface area contributed by atoms with Crippen molar-refractivity contribution in [3.8, 4) is 11.5 Å². The number of pyridine rings is 1. The molecule has 0 spiro atoms. The van der Waals surface area contributed by atoms with E-state index in [4.69, 9.17) is 11.5 Å². The van der Waals surface area contributed by atoms with E-state index >= 15 is 0 Å². The molecule has 0 bridgehead atoms. The monoisotopic (exact) mass is 542 g/mol. The Kier molecular flexibility index (Phi) is 7.76. The molecule has 202 valence electrons. The van der Waals surface area contributed by atoms with Crippen LogP contribution in [0.1, 0.15) is 12.0 Å². The lowest BCUT2D eigenvalue weighted by Gasteiger charge is -2.29. The zero-order valence-corrected chi connectivity index (χ0v) is 22.5. The third-order valence-electron chi connectivity index (χ3n) is 5.89. The largest absolute Gasteiger partial charge is 0.382 e. The molecule has 4 rings (SSSR count). The number of fused-ring (bicyclic) bond motifs is 1. The van der Waals surface area contributed by atoms with Gasteiger partial charge in [0.2, 0.25) is 0 Å². The second kappa shape index (κ2) is 10.8. The van der Waals surface area contributed by atoms with Gasteiger partial charge < -0.3 is 16.4 Å². The number of nitrogens with two attached hydrogens (primary N) is 2. The Labute approximate surface area is 220 Å². The fourth-order valence-electron chi connectivity index (χ4n) is 3.99. The van der Waals surface area contributed by atoms with Crippen LogP contribution in [0.25, 0.3) is 22.6 Å². The summed E-state index contributed by atoms with van der Waals surface area (Å²) < 4.78 is 44.4. The Bertz CT molecular complexity index is 1530. The lowest BCUT2D eigenvalue weighted by molar-refractivity contribution is 0.402. The molecule has 0 aliphatic heterocycles. The summed E-state index contributed by atoms with van der Waals surface area (Å²) in [5, 5.41) is 5.21. The predicted molar refractivity (Wildman–Crippen MR) is 146 cm³/mol. The van der Waals surface area contributed by atoms with Gasteiger partial charge in [-0.2, -0.15) is 17.8 Å². The van der Waals surface area contributed by atoms with E-state index in [0.29, 0.717) is 35.3 Å². The molecule has 3 heterocycles. The van der Waals surface area contributed by atoms with Crippen LogP contribution in [0.2, 0.25) is 0 Å². The maximum atomic E-state index is 14.3. The van der Waals surface area contributed by atoms with Gasteiger partial charge in [-0.3, -0.25) is 4.31 Å². The molecule has 0 aliphatic carbocycles. The zero-order valence-electron chi connectivity index (χ0n) is 21.7. The third-order valence-corrected chi connectivity index (χ3v) is 7.74. The van der Waals surface area contributed by atoms with Crippen molar-refractivity contribution < 1.29 is 12.8 Å². The van der Waals surface area contributed by atoms with Crippen molar-refractivity contribution >= 4 is 38.6 Å². The molecule has 38 heavy (non-hydrogen) atoms. The third kappa shape index (κ3) is 5.37. The Morgan fingerprint density at radius 3 is 2.29 bits per heavy atom. The Morgan fingerprint density at radius 1 is 0.974 bits per heavy atom. The highest BCUT2D eigenvalue weighted by Crippen LogP contribution is 2.34. The molecule has 0 fully saturated rings. The number of rotatable bonds is 10. The van der Waals surface area contributed by atoms with Crippen LogP contribution in [0.5, 0.6) is 0 Å². The lowest BCUT2D eigenvalue weighted by Crippen LogP contribution is -2.42. The summed E-state index contributed by atoms with van der Waals surface area (Å²) in [5.74, 6) is -0.476. The van der Waals surface area contributed by atoms with E-state index in [-0.39, 0.29) is 42.1 Å².